The SMILES string of the molecule is CCOC(=O)C1CN=C(Oc2ccc(NC3NC(=O)N(CCOC4CCCCO4)C(=O)N3Cc3ccc(Cl)cc3)cc2)S1. The van der Waals surface area contributed by atoms with E-state index in [1.165, 1.54) is 16.7 Å². The maximum atomic E-state index is 13.6. The van der Waals surface area contributed by atoms with E-state index in [1.54, 1.807) is 43.3 Å². The van der Waals surface area contributed by atoms with Gasteiger partial charge in [-0.1, -0.05) is 35.5 Å². The van der Waals surface area contributed by atoms with Crippen LogP contribution in [-0.4, -0.2) is 83.8 Å². The van der Waals surface area contributed by atoms with E-state index < -0.39 is 23.6 Å². The third-order valence-electron chi connectivity index (χ3n) is 6.86. The fourth-order valence-corrected chi connectivity index (χ4v) is 5.62. The molecule has 0 aromatic heterocycles. The molecule has 3 unspecified atom stereocenters. The number of thioether (sulfide) groups is 1. The molecule has 230 valence electrons. The summed E-state index contributed by atoms with van der Waals surface area (Å²) in [6.07, 6.45) is 1.66. The fraction of sp³-hybridized carbons (Fsp3) is 0.448. The minimum Gasteiger partial charge on any atom is -0.465 e. The molecule has 4 amide bonds. The van der Waals surface area contributed by atoms with Gasteiger partial charge in [0.2, 0.25) is 0 Å². The van der Waals surface area contributed by atoms with Crippen molar-refractivity contribution < 1.29 is 33.3 Å². The normalized spacial score (nSPS) is 22.2. The Labute approximate surface area is 259 Å². The van der Waals surface area contributed by atoms with Crippen LogP contribution >= 0.6 is 23.4 Å². The molecule has 12 nitrogen and oxygen atoms in total. The van der Waals surface area contributed by atoms with Crippen LogP contribution < -0.4 is 15.4 Å². The lowest BCUT2D eigenvalue weighted by Gasteiger charge is -2.41. The molecule has 14 heteroatoms. The molecular formula is C29H34ClN5O7S. The number of halogens is 1. The lowest BCUT2D eigenvalue weighted by atomic mass is 10.2. The number of nitrogens with one attached hydrogen (secondary N) is 2. The molecule has 0 radical (unpaired) electrons. The van der Waals surface area contributed by atoms with E-state index in [9.17, 15) is 14.4 Å². The van der Waals surface area contributed by atoms with Crippen molar-refractivity contribution in [2.24, 2.45) is 4.99 Å². The van der Waals surface area contributed by atoms with Gasteiger partial charge in [-0.3, -0.25) is 15.0 Å². The van der Waals surface area contributed by atoms with Crippen LogP contribution in [0, 0.1) is 0 Å². The zero-order chi connectivity index (χ0) is 30.2. The van der Waals surface area contributed by atoms with E-state index in [1.807, 2.05) is 12.1 Å². The number of carbonyl (C=O) groups is 3. The van der Waals surface area contributed by atoms with E-state index in [0.29, 0.717) is 41.4 Å². The van der Waals surface area contributed by atoms with E-state index in [0.717, 1.165) is 29.7 Å². The highest BCUT2D eigenvalue weighted by atomic mass is 35.5. The highest BCUT2D eigenvalue weighted by molar-refractivity contribution is 8.15. The average Bonchev–Trinajstić information content (AvgIpc) is 3.48. The molecule has 43 heavy (non-hydrogen) atoms. The van der Waals surface area contributed by atoms with Gasteiger partial charge in [-0.25, -0.2) is 19.5 Å². The van der Waals surface area contributed by atoms with Gasteiger partial charge in [0.25, 0.3) is 5.23 Å². The van der Waals surface area contributed by atoms with Crippen LogP contribution in [-0.2, 0) is 25.5 Å². The topological polar surface area (TPSA) is 131 Å². The van der Waals surface area contributed by atoms with Crippen molar-refractivity contribution in [2.75, 3.05) is 38.2 Å². The van der Waals surface area contributed by atoms with Crippen molar-refractivity contribution in [2.45, 2.75) is 50.6 Å². The molecule has 2 aromatic rings. The predicted molar refractivity (Wildman–Crippen MR) is 162 cm³/mol. The highest BCUT2D eigenvalue weighted by Crippen LogP contribution is 2.27. The molecule has 2 fully saturated rings. The van der Waals surface area contributed by atoms with Gasteiger partial charge in [-0.05, 0) is 68.1 Å². The molecule has 3 atom stereocenters. The Kier molecular flexibility index (Phi) is 10.6. The Morgan fingerprint density at radius 2 is 1.95 bits per heavy atom. The van der Waals surface area contributed by atoms with Crippen LogP contribution in [0.3, 0.4) is 0 Å². The van der Waals surface area contributed by atoms with Gasteiger partial charge < -0.3 is 24.3 Å². The third-order valence-corrected chi connectivity index (χ3v) is 8.15. The number of anilines is 1. The summed E-state index contributed by atoms with van der Waals surface area (Å²) in [7, 11) is 0. The van der Waals surface area contributed by atoms with E-state index >= 15 is 0 Å². The standard InChI is InChI=1S/C29H34ClN5O7S/c1-2-39-25(36)23-17-31-28(43-23)42-22-12-10-21(11-13-22)32-26-33-27(37)34(14-16-41-24-5-3-4-15-40-24)29(38)35(26)18-19-6-8-20(30)9-7-19/h6-13,23-24,26,32H,2-5,14-18H2,1H3,(H,33,37). The van der Waals surface area contributed by atoms with E-state index in [2.05, 4.69) is 15.6 Å². The van der Waals surface area contributed by atoms with Gasteiger partial charge in [0.15, 0.2) is 12.6 Å². The maximum absolute atomic E-state index is 13.6. The first kappa shape index (κ1) is 30.9. The van der Waals surface area contributed by atoms with Crippen molar-refractivity contribution >= 4 is 52.3 Å². The number of hydrogen-bond donors (Lipinski definition) is 2. The number of imide groups is 1. The molecule has 3 aliphatic heterocycles. The number of amides is 4. The van der Waals surface area contributed by atoms with E-state index in [-0.39, 0.29) is 32.0 Å². The number of urea groups is 2. The number of carbonyl (C=O) groups excluding carboxylic acids is 3. The zero-order valence-corrected chi connectivity index (χ0v) is 25.3. The predicted octanol–water partition coefficient (Wildman–Crippen LogP) is 4.64. The second kappa shape index (κ2) is 14.8. The third kappa shape index (κ3) is 8.31. The summed E-state index contributed by atoms with van der Waals surface area (Å²) in [5, 5.41) is 6.67. The first-order valence-electron chi connectivity index (χ1n) is 14.2. The van der Waals surface area contributed by atoms with Crippen molar-refractivity contribution in [3.8, 4) is 5.75 Å². The highest BCUT2D eigenvalue weighted by Gasteiger charge is 2.38. The quantitative estimate of drug-likeness (QED) is 0.341. The number of nitrogens with zero attached hydrogens (tertiary/aromatic N) is 3. The summed E-state index contributed by atoms with van der Waals surface area (Å²) in [6.45, 7) is 3.49. The summed E-state index contributed by atoms with van der Waals surface area (Å²) in [4.78, 5) is 45.6. The first-order valence-corrected chi connectivity index (χ1v) is 15.4. The minimum absolute atomic E-state index is 0.0827. The molecule has 2 saturated heterocycles. The van der Waals surface area contributed by atoms with Gasteiger partial charge >= 0.3 is 18.0 Å². The van der Waals surface area contributed by atoms with Crippen LogP contribution in [0.1, 0.15) is 31.7 Å². The molecule has 2 N–H and O–H groups in total. The van der Waals surface area contributed by atoms with Gasteiger partial charge in [0, 0.05) is 17.3 Å². The second-order valence-corrected chi connectivity index (χ2v) is 11.5. The van der Waals surface area contributed by atoms with Gasteiger partial charge in [0.1, 0.15) is 11.0 Å². The lowest BCUT2D eigenvalue weighted by Crippen LogP contribution is -2.67. The maximum Gasteiger partial charge on any atom is 0.331 e. The van der Waals surface area contributed by atoms with Crippen molar-refractivity contribution in [1.29, 1.82) is 0 Å². The fourth-order valence-electron chi connectivity index (χ4n) is 4.65. The summed E-state index contributed by atoms with van der Waals surface area (Å²) in [5.74, 6) is 0.210. The second-order valence-electron chi connectivity index (χ2n) is 9.94. The number of aliphatic imine (C=N–C) groups is 1. The van der Waals surface area contributed by atoms with Crippen LogP contribution in [0.4, 0.5) is 15.3 Å². The number of benzene rings is 2. The Morgan fingerprint density at radius 1 is 1.16 bits per heavy atom. The summed E-state index contributed by atoms with van der Waals surface area (Å²) in [6, 6.07) is 13.2. The molecule has 0 saturated carbocycles. The molecule has 0 bridgehead atoms. The smallest absolute Gasteiger partial charge is 0.331 e. The van der Waals surface area contributed by atoms with Crippen LogP contribution in [0.5, 0.6) is 5.75 Å². The Morgan fingerprint density at radius 3 is 2.67 bits per heavy atom. The number of rotatable bonds is 11. The molecule has 5 rings (SSSR count). The summed E-state index contributed by atoms with van der Waals surface area (Å²) in [5.41, 5.74) is 1.48. The number of hydrogen-bond acceptors (Lipinski definition) is 10. The lowest BCUT2D eigenvalue weighted by molar-refractivity contribution is -0.163. The monoisotopic (exact) mass is 631 g/mol. The van der Waals surface area contributed by atoms with Gasteiger partial charge in [-0.15, -0.1) is 0 Å². The Bertz CT molecular complexity index is 1310. The Hall–Kier alpha value is -3.52. The minimum atomic E-state index is -0.832. The molecule has 3 heterocycles. The van der Waals surface area contributed by atoms with Crippen molar-refractivity contribution in [3.63, 3.8) is 0 Å². The summed E-state index contributed by atoms with van der Waals surface area (Å²) < 4.78 is 22.2. The Balaban J connectivity index is 1.22. The molecule has 0 aliphatic carbocycles. The van der Waals surface area contributed by atoms with Crippen LogP contribution in [0.15, 0.2) is 53.5 Å². The van der Waals surface area contributed by atoms with Crippen LogP contribution in [0.2, 0.25) is 5.02 Å². The molecule has 2 aromatic carbocycles. The largest absolute Gasteiger partial charge is 0.465 e. The number of ether oxygens (including phenoxy) is 4. The average molecular weight is 632 g/mol. The molecule has 0 spiro atoms. The summed E-state index contributed by atoms with van der Waals surface area (Å²) >= 11 is 7.28. The number of esters is 1. The first-order chi connectivity index (χ1) is 20.9. The van der Waals surface area contributed by atoms with Gasteiger partial charge in [-0.2, -0.15) is 0 Å². The van der Waals surface area contributed by atoms with Crippen molar-refractivity contribution in [3.05, 3.63) is 59.1 Å². The van der Waals surface area contributed by atoms with E-state index in [4.69, 9.17) is 30.5 Å². The van der Waals surface area contributed by atoms with Crippen molar-refractivity contribution in [1.82, 2.24) is 15.1 Å². The van der Waals surface area contributed by atoms with Gasteiger partial charge in [0.05, 0.1) is 32.8 Å². The molecule has 3 aliphatic rings. The molecular weight excluding hydrogens is 598 g/mol. The zero-order valence-electron chi connectivity index (χ0n) is 23.7. The van der Waals surface area contributed by atoms with Crippen LogP contribution in [0.25, 0.3) is 0 Å².